The van der Waals surface area contributed by atoms with Gasteiger partial charge < -0.3 is 14.8 Å². The lowest BCUT2D eigenvalue weighted by Gasteiger charge is -2.29. The van der Waals surface area contributed by atoms with Crippen LogP contribution in [0, 0.1) is 6.92 Å². The fraction of sp³-hybridized carbons (Fsp3) is 0.647. The molecule has 5 heteroatoms. The van der Waals surface area contributed by atoms with Gasteiger partial charge in [-0.15, -0.1) is 0 Å². The molecule has 1 heterocycles. The third-order valence-corrected chi connectivity index (χ3v) is 4.28. The molecule has 1 fully saturated rings. The van der Waals surface area contributed by atoms with Crippen LogP contribution in [0.25, 0.3) is 0 Å². The maximum Gasteiger partial charge on any atom is 0.256 e. The summed E-state index contributed by atoms with van der Waals surface area (Å²) in [6.45, 7) is 4.42. The number of rotatable bonds is 5. The van der Waals surface area contributed by atoms with Crippen LogP contribution in [0.15, 0.2) is 12.3 Å². The van der Waals surface area contributed by atoms with Crippen molar-refractivity contribution in [1.82, 2.24) is 4.98 Å². The number of pyridine rings is 1. The van der Waals surface area contributed by atoms with Crippen LogP contribution < -0.4 is 10.1 Å². The Kier molecular flexibility index (Phi) is 5.77. The summed E-state index contributed by atoms with van der Waals surface area (Å²) < 4.78 is 11.1. The molecular weight excluding hydrogens is 280 g/mol. The van der Waals surface area contributed by atoms with E-state index >= 15 is 0 Å². The highest BCUT2D eigenvalue weighted by atomic mass is 16.5. The maximum absolute atomic E-state index is 12.7. The van der Waals surface area contributed by atoms with Crippen molar-refractivity contribution in [2.45, 2.75) is 58.0 Å². The number of hydrogen-bond acceptors (Lipinski definition) is 4. The third-order valence-electron chi connectivity index (χ3n) is 4.28. The number of carbonyl (C=O) groups excluding carboxylic acids is 1. The second-order valence-corrected chi connectivity index (χ2v) is 5.85. The molecule has 0 atom stereocenters. The smallest absolute Gasteiger partial charge is 0.256 e. The van der Waals surface area contributed by atoms with E-state index < -0.39 is 5.60 Å². The van der Waals surface area contributed by atoms with Crippen LogP contribution in [0.5, 0.6) is 5.88 Å². The SMILES string of the molecule is CCOc1ncc(NC(=O)C2(OC)CCCCCC2)cc1C. The van der Waals surface area contributed by atoms with Crippen molar-refractivity contribution in [3.05, 3.63) is 17.8 Å². The molecule has 5 nitrogen and oxygen atoms in total. The second kappa shape index (κ2) is 7.58. The standard InChI is InChI=1S/C17H26N2O3/c1-4-22-15-13(2)11-14(12-18-15)19-16(20)17(21-3)9-7-5-6-8-10-17/h11-12H,4-10H2,1-3H3,(H,19,20). The van der Waals surface area contributed by atoms with Gasteiger partial charge in [0.1, 0.15) is 5.60 Å². The molecule has 0 aliphatic heterocycles. The largest absolute Gasteiger partial charge is 0.478 e. The van der Waals surface area contributed by atoms with E-state index in [0.717, 1.165) is 31.2 Å². The average molecular weight is 306 g/mol. The molecule has 0 unspecified atom stereocenters. The summed E-state index contributed by atoms with van der Waals surface area (Å²) in [6, 6.07) is 1.88. The van der Waals surface area contributed by atoms with Crippen LogP contribution in [0.1, 0.15) is 51.0 Å². The molecule has 22 heavy (non-hydrogen) atoms. The van der Waals surface area contributed by atoms with Crippen molar-refractivity contribution in [2.24, 2.45) is 0 Å². The van der Waals surface area contributed by atoms with Crippen molar-refractivity contribution in [3.63, 3.8) is 0 Å². The van der Waals surface area contributed by atoms with Crippen LogP contribution in [0.4, 0.5) is 5.69 Å². The second-order valence-electron chi connectivity index (χ2n) is 5.85. The Morgan fingerprint density at radius 1 is 1.32 bits per heavy atom. The molecule has 0 saturated heterocycles. The summed E-state index contributed by atoms with van der Waals surface area (Å²) in [5, 5.41) is 2.96. The zero-order chi connectivity index (χ0) is 16.0. The van der Waals surface area contributed by atoms with Gasteiger partial charge in [0.2, 0.25) is 5.88 Å². The number of aryl methyl sites for hydroxylation is 1. The Labute approximate surface area is 132 Å². The number of carbonyl (C=O) groups is 1. The number of amides is 1. The number of aromatic nitrogens is 1. The Balaban J connectivity index is 2.11. The predicted molar refractivity (Wildman–Crippen MR) is 86.2 cm³/mol. The highest BCUT2D eigenvalue weighted by Gasteiger charge is 2.38. The van der Waals surface area contributed by atoms with E-state index in [-0.39, 0.29) is 5.91 Å². The van der Waals surface area contributed by atoms with E-state index in [1.165, 1.54) is 12.8 Å². The molecule has 0 radical (unpaired) electrons. The summed E-state index contributed by atoms with van der Waals surface area (Å²) in [4.78, 5) is 17.0. The summed E-state index contributed by atoms with van der Waals surface area (Å²) >= 11 is 0. The van der Waals surface area contributed by atoms with Crippen molar-refractivity contribution >= 4 is 11.6 Å². The number of ether oxygens (including phenoxy) is 2. The van der Waals surface area contributed by atoms with E-state index in [0.29, 0.717) is 18.2 Å². The van der Waals surface area contributed by atoms with Gasteiger partial charge in [0, 0.05) is 12.7 Å². The lowest BCUT2D eigenvalue weighted by molar-refractivity contribution is -0.139. The van der Waals surface area contributed by atoms with E-state index in [4.69, 9.17) is 9.47 Å². The van der Waals surface area contributed by atoms with Crippen molar-refractivity contribution in [3.8, 4) is 5.88 Å². The zero-order valence-corrected chi connectivity index (χ0v) is 13.8. The highest BCUT2D eigenvalue weighted by molar-refractivity contribution is 5.97. The van der Waals surface area contributed by atoms with Crippen LogP contribution in [0.2, 0.25) is 0 Å². The van der Waals surface area contributed by atoms with E-state index in [2.05, 4.69) is 10.3 Å². The number of nitrogens with zero attached hydrogens (tertiary/aromatic N) is 1. The topological polar surface area (TPSA) is 60.5 Å². The van der Waals surface area contributed by atoms with Gasteiger partial charge in [-0.1, -0.05) is 25.7 Å². The predicted octanol–water partition coefficient (Wildman–Crippen LogP) is 3.47. The summed E-state index contributed by atoms with van der Waals surface area (Å²) in [5.74, 6) is 0.540. The molecule has 1 aliphatic carbocycles. The van der Waals surface area contributed by atoms with Crippen LogP contribution >= 0.6 is 0 Å². The Bertz CT molecular complexity index is 509. The van der Waals surface area contributed by atoms with Gasteiger partial charge in [-0.25, -0.2) is 4.98 Å². The van der Waals surface area contributed by atoms with E-state index in [1.807, 2.05) is 19.9 Å². The minimum Gasteiger partial charge on any atom is -0.478 e. The Morgan fingerprint density at radius 2 is 2.00 bits per heavy atom. The molecule has 1 amide bonds. The molecule has 122 valence electrons. The number of methoxy groups -OCH3 is 1. The van der Waals surface area contributed by atoms with Gasteiger partial charge >= 0.3 is 0 Å². The number of hydrogen-bond donors (Lipinski definition) is 1. The van der Waals surface area contributed by atoms with Crippen molar-refractivity contribution in [1.29, 1.82) is 0 Å². The summed E-state index contributed by atoms with van der Waals surface area (Å²) in [6.07, 6.45) is 7.58. The minimum absolute atomic E-state index is 0.0674. The van der Waals surface area contributed by atoms with Gasteiger partial charge in [0.25, 0.3) is 5.91 Å². The molecule has 0 aromatic carbocycles. The first-order valence-corrected chi connectivity index (χ1v) is 8.07. The number of nitrogens with one attached hydrogen (secondary N) is 1. The molecule has 1 aromatic rings. The number of anilines is 1. The maximum atomic E-state index is 12.7. The van der Waals surface area contributed by atoms with Crippen LogP contribution in [-0.2, 0) is 9.53 Å². The minimum atomic E-state index is -0.705. The van der Waals surface area contributed by atoms with Gasteiger partial charge in [-0.2, -0.15) is 0 Å². The summed E-state index contributed by atoms with van der Waals surface area (Å²) in [7, 11) is 1.63. The summed E-state index contributed by atoms with van der Waals surface area (Å²) in [5.41, 5.74) is 0.891. The highest BCUT2D eigenvalue weighted by Crippen LogP contribution is 2.31. The van der Waals surface area contributed by atoms with Gasteiger partial charge in [-0.3, -0.25) is 4.79 Å². The molecule has 1 saturated carbocycles. The lowest BCUT2D eigenvalue weighted by atomic mass is 9.93. The first kappa shape index (κ1) is 16.7. The van der Waals surface area contributed by atoms with Gasteiger partial charge in [-0.05, 0) is 32.8 Å². The zero-order valence-electron chi connectivity index (χ0n) is 13.8. The molecule has 1 aliphatic rings. The average Bonchev–Trinajstić information content (AvgIpc) is 2.76. The molecule has 1 N–H and O–H groups in total. The van der Waals surface area contributed by atoms with Crippen molar-refractivity contribution < 1.29 is 14.3 Å². The lowest BCUT2D eigenvalue weighted by Crippen LogP contribution is -2.44. The Hall–Kier alpha value is -1.62. The molecule has 0 spiro atoms. The van der Waals surface area contributed by atoms with E-state index in [9.17, 15) is 4.79 Å². The van der Waals surface area contributed by atoms with Crippen LogP contribution in [0.3, 0.4) is 0 Å². The quantitative estimate of drug-likeness (QED) is 0.846. The first-order valence-electron chi connectivity index (χ1n) is 8.07. The normalized spacial score (nSPS) is 17.6. The van der Waals surface area contributed by atoms with E-state index in [1.54, 1.807) is 13.3 Å². The van der Waals surface area contributed by atoms with Gasteiger partial charge in [0.05, 0.1) is 18.5 Å². The molecule has 0 bridgehead atoms. The monoisotopic (exact) mass is 306 g/mol. The van der Waals surface area contributed by atoms with Crippen molar-refractivity contribution in [2.75, 3.05) is 19.0 Å². The van der Waals surface area contributed by atoms with Crippen LogP contribution in [-0.4, -0.2) is 30.2 Å². The third kappa shape index (κ3) is 3.77. The fourth-order valence-corrected chi connectivity index (χ4v) is 2.99. The molecule has 2 rings (SSSR count). The molecular formula is C17H26N2O3. The Morgan fingerprint density at radius 3 is 2.55 bits per heavy atom. The fourth-order valence-electron chi connectivity index (χ4n) is 2.99. The molecule has 1 aromatic heterocycles. The van der Waals surface area contributed by atoms with Gasteiger partial charge in [0.15, 0.2) is 0 Å². The first-order chi connectivity index (χ1) is 10.6.